The molecule has 0 aliphatic rings. The first-order chi connectivity index (χ1) is 6.61. The molecule has 0 amide bonds. The molecule has 1 heterocycles. The van der Waals surface area contributed by atoms with Crippen molar-refractivity contribution in [1.82, 2.24) is 14.9 Å². The lowest BCUT2D eigenvalue weighted by atomic mass is 10.3. The van der Waals surface area contributed by atoms with Gasteiger partial charge in [-0.3, -0.25) is 0 Å². The van der Waals surface area contributed by atoms with Crippen molar-refractivity contribution in [1.29, 1.82) is 0 Å². The Bertz CT molecular complexity index is 301. The largest absolute Gasteiger partial charge is 0.368 e. The molecule has 5 heteroatoms. The molecular formula is C9H15ClN4. The monoisotopic (exact) mass is 214 g/mol. The fourth-order valence-electron chi connectivity index (χ4n) is 1.00. The van der Waals surface area contributed by atoms with Gasteiger partial charge in [0, 0.05) is 18.7 Å². The molecule has 0 bridgehead atoms. The minimum atomic E-state index is 0.507. The fourth-order valence-corrected chi connectivity index (χ4v) is 1.14. The number of anilines is 1. The van der Waals surface area contributed by atoms with Crippen LogP contribution in [0.4, 0.5) is 5.82 Å². The lowest BCUT2D eigenvalue weighted by Crippen LogP contribution is -2.21. The molecule has 0 fully saturated rings. The van der Waals surface area contributed by atoms with Crippen molar-refractivity contribution in [3.63, 3.8) is 0 Å². The first kappa shape index (κ1) is 11.2. The third-order valence-corrected chi connectivity index (χ3v) is 2.26. The zero-order valence-electron chi connectivity index (χ0n) is 8.71. The van der Waals surface area contributed by atoms with E-state index in [1.807, 2.05) is 21.0 Å². The molecule has 4 nitrogen and oxygen atoms in total. The van der Waals surface area contributed by atoms with Gasteiger partial charge in [0.15, 0.2) is 0 Å². The molecule has 0 saturated carbocycles. The Morgan fingerprint density at radius 1 is 1.43 bits per heavy atom. The van der Waals surface area contributed by atoms with Crippen LogP contribution in [0.15, 0.2) is 6.33 Å². The van der Waals surface area contributed by atoms with Crippen molar-refractivity contribution in [3.05, 3.63) is 17.0 Å². The highest BCUT2D eigenvalue weighted by Crippen LogP contribution is 2.17. The maximum Gasteiger partial charge on any atom is 0.137 e. The molecule has 0 aliphatic heterocycles. The van der Waals surface area contributed by atoms with Crippen molar-refractivity contribution >= 4 is 17.4 Å². The number of aromatic nitrogens is 2. The van der Waals surface area contributed by atoms with Crippen LogP contribution in [0, 0.1) is 6.92 Å². The van der Waals surface area contributed by atoms with Gasteiger partial charge in [0.05, 0.1) is 0 Å². The number of hydrogen-bond acceptors (Lipinski definition) is 4. The number of rotatable bonds is 4. The Labute approximate surface area is 89.3 Å². The molecule has 14 heavy (non-hydrogen) atoms. The van der Waals surface area contributed by atoms with Crippen LogP contribution in [0.1, 0.15) is 5.56 Å². The van der Waals surface area contributed by atoms with Crippen molar-refractivity contribution in [3.8, 4) is 0 Å². The molecule has 1 aromatic heterocycles. The van der Waals surface area contributed by atoms with Crippen LogP contribution in [0.5, 0.6) is 0 Å². The topological polar surface area (TPSA) is 41.1 Å². The summed E-state index contributed by atoms with van der Waals surface area (Å²) in [4.78, 5) is 10.1. The number of nitrogens with zero attached hydrogens (tertiary/aromatic N) is 3. The molecule has 78 valence electrons. The number of hydrogen-bond donors (Lipinski definition) is 1. The van der Waals surface area contributed by atoms with E-state index in [4.69, 9.17) is 11.6 Å². The number of nitrogens with one attached hydrogen (secondary N) is 1. The summed E-state index contributed by atoms with van der Waals surface area (Å²) in [6.07, 6.45) is 1.47. The summed E-state index contributed by atoms with van der Waals surface area (Å²) in [5.41, 5.74) is 0.896. The van der Waals surface area contributed by atoms with Crippen LogP contribution in [0.25, 0.3) is 0 Å². The highest BCUT2D eigenvalue weighted by atomic mass is 35.5. The Kier molecular flexibility index (Phi) is 4.10. The van der Waals surface area contributed by atoms with E-state index in [0.29, 0.717) is 5.15 Å². The number of likely N-dealkylation sites (N-methyl/N-ethyl adjacent to an activating group) is 1. The van der Waals surface area contributed by atoms with Crippen LogP contribution >= 0.6 is 11.6 Å². The average molecular weight is 215 g/mol. The predicted molar refractivity (Wildman–Crippen MR) is 58.8 cm³/mol. The molecule has 1 aromatic rings. The third-order valence-electron chi connectivity index (χ3n) is 1.87. The lowest BCUT2D eigenvalue weighted by molar-refractivity contribution is 0.425. The molecule has 1 N–H and O–H groups in total. The molecule has 0 aromatic carbocycles. The second kappa shape index (κ2) is 5.12. The molecule has 0 aliphatic carbocycles. The Morgan fingerprint density at radius 3 is 2.79 bits per heavy atom. The molecule has 0 radical (unpaired) electrons. The first-order valence-corrected chi connectivity index (χ1v) is 4.84. The molecule has 0 saturated heterocycles. The molecule has 0 spiro atoms. The number of halogens is 1. The maximum absolute atomic E-state index is 5.85. The maximum atomic E-state index is 5.85. The van der Waals surface area contributed by atoms with E-state index in [1.165, 1.54) is 6.33 Å². The Morgan fingerprint density at radius 2 is 2.14 bits per heavy atom. The summed E-state index contributed by atoms with van der Waals surface area (Å²) in [6.45, 7) is 3.71. The Balaban J connectivity index is 2.54. The summed E-state index contributed by atoms with van der Waals surface area (Å²) in [7, 11) is 4.06. The van der Waals surface area contributed by atoms with E-state index in [0.717, 1.165) is 24.5 Å². The van der Waals surface area contributed by atoms with Gasteiger partial charge in [-0.05, 0) is 21.0 Å². The van der Waals surface area contributed by atoms with Crippen molar-refractivity contribution in [2.45, 2.75) is 6.92 Å². The average Bonchev–Trinajstić information content (AvgIpc) is 2.12. The summed E-state index contributed by atoms with van der Waals surface area (Å²) >= 11 is 5.85. The quantitative estimate of drug-likeness (QED) is 0.770. The lowest BCUT2D eigenvalue weighted by Gasteiger charge is -2.12. The van der Waals surface area contributed by atoms with E-state index >= 15 is 0 Å². The van der Waals surface area contributed by atoms with Crippen LogP contribution in [-0.2, 0) is 0 Å². The fraction of sp³-hybridized carbons (Fsp3) is 0.556. The van der Waals surface area contributed by atoms with Gasteiger partial charge in [0.1, 0.15) is 17.3 Å². The first-order valence-electron chi connectivity index (χ1n) is 4.47. The summed E-state index contributed by atoms with van der Waals surface area (Å²) < 4.78 is 0. The van der Waals surface area contributed by atoms with Gasteiger partial charge in [-0.1, -0.05) is 11.6 Å². The minimum Gasteiger partial charge on any atom is -0.368 e. The summed E-state index contributed by atoms with van der Waals surface area (Å²) in [5.74, 6) is 0.812. The van der Waals surface area contributed by atoms with Gasteiger partial charge >= 0.3 is 0 Å². The SMILES string of the molecule is Cc1c(Cl)ncnc1NCCN(C)C. The van der Waals surface area contributed by atoms with E-state index < -0.39 is 0 Å². The van der Waals surface area contributed by atoms with E-state index in [1.54, 1.807) is 0 Å². The molecule has 1 rings (SSSR count). The highest BCUT2D eigenvalue weighted by Gasteiger charge is 2.03. The van der Waals surface area contributed by atoms with E-state index in [9.17, 15) is 0 Å². The van der Waals surface area contributed by atoms with Gasteiger partial charge < -0.3 is 10.2 Å². The standard InChI is InChI=1S/C9H15ClN4/c1-7-8(10)12-6-13-9(7)11-4-5-14(2)3/h6H,4-5H2,1-3H3,(H,11,12,13). The second-order valence-electron chi connectivity index (χ2n) is 3.37. The normalized spacial score (nSPS) is 10.6. The van der Waals surface area contributed by atoms with Crippen LogP contribution < -0.4 is 5.32 Å². The van der Waals surface area contributed by atoms with Gasteiger partial charge in [0.25, 0.3) is 0 Å². The van der Waals surface area contributed by atoms with Crippen molar-refractivity contribution in [2.75, 3.05) is 32.5 Å². The third kappa shape index (κ3) is 3.12. The van der Waals surface area contributed by atoms with E-state index in [2.05, 4.69) is 20.2 Å². The van der Waals surface area contributed by atoms with Crippen molar-refractivity contribution in [2.24, 2.45) is 0 Å². The van der Waals surface area contributed by atoms with Crippen LogP contribution in [-0.4, -0.2) is 42.1 Å². The summed E-state index contributed by atoms with van der Waals surface area (Å²) in [6, 6.07) is 0. The molecular weight excluding hydrogens is 200 g/mol. The Hall–Kier alpha value is -0.870. The smallest absolute Gasteiger partial charge is 0.137 e. The van der Waals surface area contributed by atoms with Crippen LogP contribution in [0.3, 0.4) is 0 Å². The minimum absolute atomic E-state index is 0.507. The predicted octanol–water partition coefficient (Wildman–Crippen LogP) is 1.41. The van der Waals surface area contributed by atoms with Gasteiger partial charge in [-0.25, -0.2) is 9.97 Å². The van der Waals surface area contributed by atoms with E-state index in [-0.39, 0.29) is 0 Å². The van der Waals surface area contributed by atoms with Gasteiger partial charge in [0.2, 0.25) is 0 Å². The van der Waals surface area contributed by atoms with Gasteiger partial charge in [-0.15, -0.1) is 0 Å². The summed E-state index contributed by atoms with van der Waals surface area (Å²) in [5, 5.41) is 3.71. The van der Waals surface area contributed by atoms with Crippen molar-refractivity contribution < 1.29 is 0 Å². The zero-order chi connectivity index (χ0) is 10.6. The molecule has 0 unspecified atom stereocenters. The van der Waals surface area contributed by atoms with Crippen LogP contribution in [0.2, 0.25) is 5.15 Å². The highest BCUT2D eigenvalue weighted by molar-refractivity contribution is 6.30. The second-order valence-corrected chi connectivity index (χ2v) is 3.73. The molecule has 0 atom stereocenters. The van der Waals surface area contributed by atoms with Gasteiger partial charge in [-0.2, -0.15) is 0 Å². The zero-order valence-corrected chi connectivity index (χ0v) is 9.47.